The number of hydrogen-bond acceptors (Lipinski definition) is 6. The first-order valence-electron chi connectivity index (χ1n) is 12.6. The topological polar surface area (TPSA) is 98.1 Å². The van der Waals surface area contributed by atoms with Gasteiger partial charge < -0.3 is 4.90 Å². The number of carbonyl (C=O) groups is 1. The third-order valence-corrected chi connectivity index (χ3v) is 8.53. The maximum atomic E-state index is 14.0. The minimum Gasteiger partial charge on any atom is -0.303 e. The molecule has 3 aromatic heterocycles. The van der Waals surface area contributed by atoms with Crippen LogP contribution in [0.2, 0.25) is 5.15 Å². The minimum atomic E-state index is -3.63. The zero-order valence-corrected chi connectivity index (χ0v) is 23.3. The van der Waals surface area contributed by atoms with Gasteiger partial charge in [-0.3, -0.25) is 14.5 Å². The lowest BCUT2D eigenvalue weighted by Crippen LogP contribution is -2.32. The van der Waals surface area contributed by atoms with Crippen LogP contribution in [0.25, 0.3) is 21.8 Å². The summed E-state index contributed by atoms with van der Waals surface area (Å²) in [6.45, 7) is 1.94. The second-order valence-electron chi connectivity index (χ2n) is 10.2. The van der Waals surface area contributed by atoms with Crippen LogP contribution >= 0.6 is 11.6 Å². The van der Waals surface area contributed by atoms with Crippen molar-refractivity contribution >= 4 is 54.8 Å². The second kappa shape index (κ2) is 9.43. The molecule has 6 rings (SSSR count). The van der Waals surface area contributed by atoms with Gasteiger partial charge in [-0.15, -0.1) is 0 Å². The van der Waals surface area contributed by atoms with Gasteiger partial charge in [0.2, 0.25) is 0 Å². The molecule has 0 aliphatic heterocycles. The number of carbonyl (C=O) groups excluding carboxylic acids is 1. The summed E-state index contributed by atoms with van der Waals surface area (Å²) in [6, 6.07) is 14.5. The van der Waals surface area contributed by atoms with Crippen LogP contribution in [0.5, 0.6) is 0 Å². The lowest BCUT2D eigenvalue weighted by Gasteiger charge is -2.25. The SMILES string of the molecule is Cc1ccc(N(Cc2ccc3c(c2)nc(Cl)c2cnn(C)c23)C(=O)c2ccc(C3CC3)nc2)c(S(C)(=O)=O)c1. The average molecular weight is 560 g/mol. The molecule has 0 unspecified atom stereocenters. The van der Waals surface area contributed by atoms with Gasteiger partial charge in [0, 0.05) is 36.5 Å². The molecule has 10 heteroatoms. The van der Waals surface area contributed by atoms with Crippen molar-refractivity contribution in [3.8, 4) is 0 Å². The van der Waals surface area contributed by atoms with Gasteiger partial charge in [-0.25, -0.2) is 13.4 Å². The molecule has 5 aromatic rings. The van der Waals surface area contributed by atoms with Crippen molar-refractivity contribution in [1.82, 2.24) is 19.7 Å². The summed E-state index contributed by atoms with van der Waals surface area (Å²) >= 11 is 6.46. The van der Waals surface area contributed by atoms with Gasteiger partial charge in [0.25, 0.3) is 5.91 Å². The number of sulfone groups is 1. The van der Waals surface area contributed by atoms with Gasteiger partial charge in [-0.05, 0) is 61.2 Å². The zero-order valence-electron chi connectivity index (χ0n) is 21.7. The van der Waals surface area contributed by atoms with E-state index in [4.69, 9.17) is 11.6 Å². The number of halogens is 1. The van der Waals surface area contributed by atoms with Crippen LogP contribution in [0, 0.1) is 6.92 Å². The van der Waals surface area contributed by atoms with Crippen molar-refractivity contribution in [2.45, 2.75) is 37.1 Å². The third kappa shape index (κ3) is 4.77. The van der Waals surface area contributed by atoms with Crippen molar-refractivity contribution < 1.29 is 13.2 Å². The normalized spacial score (nSPS) is 13.7. The molecule has 0 radical (unpaired) electrons. The van der Waals surface area contributed by atoms with Gasteiger partial charge in [0.1, 0.15) is 5.15 Å². The highest BCUT2D eigenvalue weighted by molar-refractivity contribution is 7.90. The summed E-state index contributed by atoms with van der Waals surface area (Å²) in [5.41, 5.74) is 4.75. The van der Waals surface area contributed by atoms with Gasteiger partial charge >= 0.3 is 0 Å². The summed E-state index contributed by atoms with van der Waals surface area (Å²) in [7, 11) is -1.78. The minimum absolute atomic E-state index is 0.0944. The van der Waals surface area contributed by atoms with Crippen LogP contribution in [-0.2, 0) is 23.4 Å². The van der Waals surface area contributed by atoms with E-state index >= 15 is 0 Å². The van der Waals surface area contributed by atoms with E-state index < -0.39 is 9.84 Å². The fourth-order valence-electron chi connectivity index (χ4n) is 4.94. The predicted molar refractivity (Wildman–Crippen MR) is 152 cm³/mol. The first-order valence-corrected chi connectivity index (χ1v) is 14.9. The quantitative estimate of drug-likeness (QED) is 0.251. The highest BCUT2D eigenvalue weighted by atomic mass is 35.5. The van der Waals surface area contributed by atoms with E-state index in [-0.39, 0.29) is 17.3 Å². The Morgan fingerprint density at radius 1 is 1.08 bits per heavy atom. The summed E-state index contributed by atoms with van der Waals surface area (Å²) in [5.74, 6) is 0.119. The lowest BCUT2D eigenvalue weighted by atomic mass is 10.1. The van der Waals surface area contributed by atoms with Crippen molar-refractivity contribution in [3.05, 3.63) is 88.5 Å². The molecule has 0 bridgehead atoms. The molecular weight excluding hydrogens is 534 g/mol. The summed E-state index contributed by atoms with van der Waals surface area (Å²) < 4.78 is 27.4. The molecule has 1 saturated carbocycles. The number of amides is 1. The number of rotatable bonds is 6. The molecule has 1 aliphatic rings. The number of aryl methyl sites for hydroxylation is 2. The lowest BCUT2D eigenvalue weighted by molar-refractivity contribution is 0.0984. The molecule has 0 N–H and O–H groups in total. The Kier molecular flexibility index (Phi) is 6.15. The molecule has 8 nitrogen and oxygen atoms in total. The molecule has 1 aliphatic carbocycles. The van der Waals surface area contributed by atoms with E-state index in [1.807, 2.05) is 38.2 Å². The molecule has 0 atom stereocenters. The highest BCUT2D eigenvalue weighted by Crippen LogP contribution is 2.39. The van der Waals surface area contributed by atoms with E-state index in [0.717, 1.165) is 52.2 Å². The van der Waals surface area contributed by atoms with Crippen molar-refractivity contribution in [2.24, 2.45) is 7.05 Å². The maximum Gasteiger partial charge on any atom is 0.260 e. The van der Waals surface area contributed by atoms with E-state index in [9.17, 15) is 13.2 Å². The number of fused-ring (bicyclic) bond motifs is 3. The molecule has 3 heterocycles. The third-order valence-electron chi connectivity index (χ3n) is 7.12. The van der Waals surface area contributed by atoms with Gasteiger partial charge in [0.15, 0.2) is 9.84 Å². The first-order chi connectivity index (χ1) is 18.6. The van der Waals surface area contributed by atoms with Crippen LogP contribution in [0.3, 0.4) is 0 Å². The fourth-order valence-corrected chi connectivity index (χ4v) is 6.13. The number of anilines is 1. The Balaban J connectivity index is 1.46. The summed E-state index contributed by atoms with van der Waals surface area (Å²) in [4.78, 5) is 24.6. The summed E-state index contributed by atoms with van der Waals surface area (Å²) in [5, 5.41) is 6.29. The monoisotopic (exact) mass is 559 g/mol. The Hall–Kier alpha value is -3.82. The molecule has 0 spiro atoms. The Morgan fingerprint density at radius 2 is 1.87 bits per heavy atom. The number of hydrogen-bond donors (Lipinski definition) is 0. The highest BCUT2D eigenvalue weighted by Gasteiger charge is 2.27. The van der Waals surface area contributed by atoms with E-state index in [2.05, 4.69) is 15.1 Å². The van der Waals surface area contributed by atoms with Gasteiger partial charge in [-0.1, -0.05) is 29.8 Å². The van der Waals surface area contributed by atoms with Crippen molar-refractivity contribution in [2.75, 3.05) is 11.2 Å². The standard InChI is InChI=1S/C29H26ClN5O3S/c1-17-4-11-25(26(12-17)39(3,37)38)35(29(36)20-8-10-23(31-14-20)19-6-7-19)16-18-5-9-21-24(13-18)33-28(30)22-15-32-34(2)27(21)22/h4-5,8-15,19H,6-7,16H2,1-3H3. The largest absolute Gasteiger partial charge is 0.303 e. The van der Waals surface area contributed by atoms with E-state index in [1.54, 1.807) is 41.3 Å². The van der Waals surface area contributed by atoms with E-state index in [0.29, 0.717) is 27.8 Å². The molecule has 1 fully saturated rings. The fraction of sp³-hybridized carbons (Fsp3) is 0.241. The molecular formula is C29H26ClN5O3S. The Labute approximate surface area is 231 Å². The van der Waals surface area contributed by atoms with Crippen LogP contribution in [0.4, 0.5) is 5.69 Å². The van der Waals surface area contributed by atoms with Gasteiger partial charge in [-0.2, -0.15) is 5.10 Å². The Morgan fingerprint density at radius 3 is 2.56 bits per heavy atom. The van der Waals surface area contributed by atoms with Crippen LogP contribution < -0.4 is 4.90 Å². The second-order valence-corrected chi connectivity index (χ2v) is 12.5. The van der Waals surface area contributed by atoms with Gasteiger partial charge in [0.05, 0.1) is 45.3 Å². The van der Waals surface area contributed by atoms with E-state index in [1.165, 1.54) is 4.90 Å². The Bertz CT molecular complexity index is 1880. The van der Waals surface area contributed by atoms with Crippen molar-refractivity contribution in [1.29, 1.82) is 0 Å². The van der Waals surface area contributed by atoms with Crippen LogP contribution in [0.1, 0.15) is 45.9 Å². The molecule has 0 saturated heterocycles. The number of benzene rings is 2. The molecule has 39 heavy (non-hydrogen) atoms. The number of aromatic nitrogens is 4. The maximum absolute atomic E-state index is 14.0. The zero-order chi connectivity index (χ0) is 27.5. The molecule has 198 valence electrons. The number of nitrogens with zero attached hydrogens (tertiary/aromatic N) is 5. The smallest absolute Gasteiger partial charge is 0.260 e. The molecule has 1 amide bonds. The van der Waals surface area contributed by atoms with Crippen LogP contribution in [-0.4, -0.2) is 40.3 Å². The predicted octanol–water partition coefficient (Wildman–Crippen LogP) is 5.61. The average Bonchev–Trinajstić information content (AvgIpc) is 3.68. The van der Waals surface area contributed by atoms with Crippen molar-refractivity contribution in [3.63, 3.8) is 0 Å². The first kappa shape index (κ1) is 25.5. The molecule has 2 aromatic carbocycles. The number of pyridine rings is 2. The van der Waals surface area contributed by atoms with Crippen LogP contribution in [0.15, 0.2) is 65.8 Å². The summed E-state index contributed by atoms with van der Waals surface area (Å²) in [6.07, 6.45) is 6.64.